The van der Waals surface area contributed by atoms with Gasteiger partial charge in [0, 0.05) is 12.6 Å². The lowest BCUT2D eigenvalue weighted by Crippen LogP contribution is -2.44. The topological polar surface area (TPSA) is 64.4 Å². The summed E-state index contributed by atoms with van der Waals surface area (Å²) in [5, 5.41) is 3.13. The highest BCUT2D eigenvalue weighted by Gasteiger charge is 2.31. The Bertz CT molecular complexity index is 277. The van der Waals surface area contributed by atoms with Gasteiger partial charge in [-0.3, -0.25) is 4.79 Å². The summed E-state index contributed by atoms with van der Waals surface area (Å²) in [6.45, 7) is 2.64. The molecule has 18 heavy (non-hydrogen) atoms. The van der Waals surface area contributed by atoms with Crippen LogP contribution in [0.5, 0.6) is 0 Å². The third-order valence-corrected chi connectivity index (χ3v) is 4.39. The molecule has 0 spiro atoms. The first-order valence-corrected chi connectivity index (χ1v) is 7.36. The van der Waals surface area contributed by atoms with Crippen LogP contribution in [0, 0.1) is 5.92 Å². The number of nitrogens with two attached hydrogens (primary N) is 1. The largest absolute Gasteiger partial charge is 0.364 e. The molecular formula is C14H26N2O2. The first-order valence-electron chi connectivity index (χ1n) is 7.36. The van der Waals surface area contributed by atoms with E-state index >= 15 is 0 Å². The van der Waals surface area contributed by atoms with E-state index in [2.05, 4.69) is 12.2 Å². The van der Waals surface area contributed by atoms with Crippen LogP contribution in [0.2, 0.25) is 0 Å². The molecule has 1 unspecified atom stereocenters. The van der Waals surface area contributed by atoms with E-state index in [-0.39, 0.29) is 24.2 Å². The van der Waals surface area contributed by atoms with Crippen LogP contribution in [-0.4, -0.2) is 30.7 Å². The lowest BCUT2D eigenvalue weighted by molar-refractivity contribution is -0.132. The lowest BCUT2D eigenvalue weighted by atomic mass is 9.84. The minimum atomic E-state index is -0.274. The third kappa shape index (κ3) is 3.45. The van der Waals surface area contributed by atoms with E-state index in [1.165, 1.54) is 32.1 Å². The minimum Gasteiger partial charge on any atom is -0.364 e. The summed E-state index contributed by atoms with van der Waals surface area (Å²) >= 11 is 0. The Kier molecular flexibility index (Phi) is 5.01. The lowest BCUT2D eigenvalue weighted by Gasteiger charge is -2.29. The van der Waals surface area contributed by atoms with Gasteiger partial charge in [-0.05, 0) is 38.5 Å². The maximum Gasteiger partial charge on any atom is 0.249 e. The molecule has 1 aliphatic carbocycles. The fourth-order valence-electron chi connectivity index (χ4n) is 3.14. The Morgan fingerprint density at radius 1 is 1.28 bits per heavy atom. The van der Waals surface area contributed by atoms with Crippen LogP contribution >= 0.6 is 0 Å². The second-order valence-corrected chi connectivity index (χ2v) is 5.76. The van der Waals surface area contributed by atoms with Crippen molar-refractivity contribution >= 4 is 5.91 Å². The molecule has 0 bridgehead atoms. The van der Waals surface area contributed by atoms with Crippen molar-refractivity contribution in [3.63, 3.8) is 0 Å². The number of ether oxygens (including phenoxy) is 1. The number of amides is 1. The van der Waals surface area contributed by atoms with E-state index < -0.39 is 0 Å². The van der Waals surface area contributed by atoms with Gasteiger partial charge in [-0.1, -0.05) is 19.3 Å². The van der Waals surface area contributed by atoms with Gasteiger partial charge in [0.25, 0.3) is 0 Å². The minimum absolute atomic E-state index is 0.0593. The standard InChI is InChI=1S/C14H26N2O2/c1-10(11-5-3-2-4-6-11)16-14(17)13-8-7-12(9-15)18-13/h10-13H,2-9,15H2,1H3,(H,16,17)/t10?,12-,13+/m1/s1. The van der Waals surface area contributed by atoms with Gasteiger partial charge in [0.1, 0.15) is 6.10 Å². The molecule has 0 aromatic rings. The molecule has 3 N–H and O–H groups in total. The maximum atomic E-state index is 12.1. The van der Waals surface area contributed by atoms with Crippen LogP contribution in [0.25, 0.3) is 0 Å². The van der Waals surface area contributed by atoms with Crippen molar-refractivity contribution in [3.05, 3.63) is 0 Å². The molecule has 1 amide bonds. The monoisotopic (exact) mass is 254 g/mol. The van der Waals surface area contributed by atoms with Crippen molar-refractivity contribution in [3.8, 4) is 0 Å². The van der Waals surface area contributed by atoms with Gasteiger partial charge in [0.05, 0.1) is 6.10 Å². The molecule has 4 heteroatoms. The number of hydrogen-bond acceptors (Lipinski definition) is 3. The van der Waals surface area contributed by atoms with Crippen LogP contribution in [0.1, 0.15) is 51.9 Å². The molecule has 1 saturated carbocycles. The smallest absolute Gasteiger partial charge is 0.249 e. The number of carbonyl (C=O) groups excluding carboxylic acids is 1. The Morgan fingerprint density at radius 3 is 2.61 bits per heavy atom. The summed E-state index contributed by atoms with van der Waals surface area (Å²) in [5.74, 6) is 0.707. The van der Waals surface area contributed by atoms with Crippen LogP contribution in [0.4, 0.5) is 0 Å². The van der Waals surface area contributed by atoms with Crippen molar-refractivity contribution in [2.24, 2.45) is 11.7 Å². The van der Waals surface area contributed by atoms with Crippen LogP contribution in [0.3, 0.4) is 0 Å². The predicted octanol–water partition coefficient (Wildman–Crippen LogP) is 1.58. The molecule has 2 rings (SSSR count). The second-order valence-electron chi connectivity index (χ2n) is 5.76. The van der Waals surface area contributed by atoms with Gasteiger partial charge in [-0.2, -0.15) is 0 Å². The molecule has 4 nitrogen and oxygen atoms in total. The highest BCUT2D eigenvalue weighted by atomic mass is 16.5. The summed E-state index contributed by atoms with van der Waals surface area (Å²) in [4.78, 5) is 12.1. The molecule has 1 saturated heterocycles. The van der Waals surface area contributed by atoms with Crippen LogP contribution in [-0.2, 0) is 9.53 Å². The Morgan fingerprint density at radius 2 is 2.00 bits per heavy atom. The molecule has 1 aliphatic heterocycles. The third-order valence-electron chi connectivity index (χ3n) is 4.39. The van der Waals surface area contributed by atoms with Gasteiger partial charge >= 0.3 is 0 Å². The van der Waals surface area contributed by atoms with E-state index in [1.807, 2.05) is 0 Å². The first kappa shape index (κ1) is 13.8. The van der Waals surface area contributed by atoms with Gasteiger partial charge in [0.2, 0.25) is 5.91 Å². The summed E-state index contributed by atoms with van der Waals surface area (Å²) in [7, 11) is 0. The number of nitrogens with one attached hydrogen (secondary N) is 1. The molecule has 0 radical (unpaired) electrons. The fraction of sp³-hybridized carbons (Fsp3) is 0.929. The van der Waals surface area contributed by atoms with Crippen molar-refractivity contribution in [2.75, 3.05) is 6.54 Å². The summed E-state index contributed by atoms with van der Waals surface area (Å²) in [5.41, 5.74) is 5.56. The zero-order chi connectivity index (χ0) is 13.0. The average Bonchev–Trinajstić information content (AvgIpc) is 2.88. The normalized spacial score (nSPS) is 31.2. The molecule has 3 atom stereocenters. The zero-order valence-corrected chi connectivity index (χ0v) is 11.4. The van der Waals surface area contributed by atoms with Gasteiger partial charge in [-0.25, -0.2) is 0 Å². The van der Waals surface area contributed by atoms with Crippen molar-refractivity contribution in [2.45, 2.75) is 70.1 Å². The predicted molar refractivity (Wildman–Crippen MR) is 71.1 cm³/mol. The van der Waals surface area contributed by atoms with E-state index in [4.69, 9.17) is 10.5 Å². The van der Waals surface area contributed by atoms with Crippen molar-refractivity contribution in [1.29, 1.82) is 0 Å². The molecule has 2 aliphatic rings. The molecule has 0 aromatic heterocycles. The highest BCUT2D eigenvalue weighted by molar-refractivity contribution is 5.81. The summed E-state index contributed by atoms with van der Waals surface area (Å²) in [6.07, 6.45) is 7.98. The summed E-state index contributed by atoms with van der Waals surface area (Å²) < 4.78 is 5.62. The fourth-order valence-corrected chi connectivity index (χ4v) is 3.14. The SMILES string of the molecule is CC(NC(=O)[C@@H]1CC[C@H](CN)O1)C1CCCCC1. The van der Waals surface area contributed by atoms with Crippen LogP contribution in [0.15, 0.2) is 0 Å². The Labute approximate surface area is 110 Å². The van der Waals surface area contributed by atoms with Gasteiger partial charge in [-0.15, -0.1) is 0 Å². The molecular weight excluding hydrogens is 228 g/mol. The Hall–Kier alpha value is -0.610. The quantitative estimate of drug-likeness (QED) is 0.800. The zero-order valence-electron chi connectivity index (χ0n) is 11.4. The van der Waals surface area contributed by atoms with Crippen LogP contribution < -0.4 is 11.1 Å². The summed E-state index contributed by atoms with van der Waals surface area (Å²) in [6, 6.07) is 0.276. The average molecular weight is 254 g/mol. The van der Waals surface area contributed by atoms with E-state index in [1.54, 1.807) is 0 Å². The van der Waals surface area contributed by atoms with E-state index in [9.17, 15) is 4.79 Å². The Balaban J connectivity index is 1.76. The molecule has 0 aromatic carbocycles. The van der Waals surface area contributed by atoms with E-state index in [0.717, 1.165) is 12.8 Å². The number of hydrogen-bond donors (Lipinski definition) is 2. The first-order chi connectivity index (χ1) is 8.70. The number of carbonyl (C=O) groups is 1. The van der Waals surface area contributed by atoms with Crippen molar-refractivity contribution in [1.82, 2.24) is 5.32 Å². The molecule has 1 heterocycles. The van der Waals surface area contributed by atoms with E-state index in [0.29, 0.717) is 12.5 Å². The van der Waals surface area contributed by atoms with Crippen molar-refractivity contribution < 1.29 is 9.53 Å². The molecule has 104 valence electrons. The second kappa shape index (κ2) is 6.53. The number of rotatable bonds is 4. The maximum absolute atomic E-state index is 12.1. The molecule has 2 fully saturated rings. The highest BCUT2D eigenvalue weighted by Crippen LogP contribution is 2.27. The van der Waals surface area contributed by atoms with Gasteiger partial charge < -0.3 is 15.8 Å². The van der Waals surface area contributed by atoms with Gasteiger partial charge in [0.15, 0.2) is 0 Å².